The third-order valence-electron chi connectivity index (χ3n) is 2.82. The number of anilines is 1. The summed E-state index contributed by atoms with van der Waals surface area (Å²) in [5.41, 5.74) is 7.15. The number of hydrogen-bond acceptors (Lipinski definition) is 4. The topological polar surface area (TPSA) is 69.6 Å². The summed E-state index contributed by atoms with van der Waals surface area (Å²) in [5.74, 6) is -0.0630. The predicted octanol–water partition coefficient (Wildman–Crippen LogP) is 3.36. The van der Waals surface area contributed by atoms with Crippen LogP contribution in [0.2, 0.25) is 10.0 Å². The van der Waals surface area contributed by atoms with Gasteiger partial charge in [-0.3, -0.25) is 0 Å². The summed E-state index contributed by atoms with van der Waals surface area (Å²) < 4.78 is 14.6. The van der Waals surface area contributed by atoms with E-state index in [1.165, 1.54) is 22.9 Å². The molecule has 0 aliphatic heterocycles. The van der Waals surface area contributed by atoms with Crippen LogP contribution in [0.15, 0.2) is 36.4 Å². The molecule has 3 aromatic rings. The van der Waals surface area contributed by atoms with Crippen LogP contribution in [0, 0.1) is 5.82 Å². The molecule has 0 saturated heterocycles. The highest BCUT2D eigenvalue weighted by molar-refractivity contribution is 6.34. The van der Waals surface area contributed by atoms with Crippen molar-refractivity contribution in [2.45, 2.75) is 0 Å². The molecule has 0 aliphatic carbocycles. The van der Waals surface area contributed by atoms with Gasteiger partial charge in [0.1, 0.15) is 5.82 Å². The van der Waals surface area contributed by atoms with E-state index < -0.39 is 5.82 Å². The minimum absolute atomic E-state index is 0.235. The van der Waals surface area contributed by atoms with Crippen LogP contribution in [0.5, 0.6) is 0 Å². The van der Waals surface area contributed by atoms with Crippen LogP contribution >= 0.6 is 23.2 Å². The molecule has 106 valence electrons. The van der Waals surface area contributed by atoms with E-state index in [4.69, 9.17) is 28.9 Å². The van der Waals surface area contributed by atoms with Gasteiger partial charge in [-0.2, -0.15) is 4.68 Å². The Bertz CT molecular complexity index is 798. The lowest BCUT2D eigenvalue weighted by Crippen LogP contribution is -2.02. The summed E-state index contributed by atoms with van der Waals surface area (Å²) in [7, 11) is 0. The van der Waals surface area contributed by atoms with E-state index in [2.05, 4.69) is 15.5 Å². The van der Waals surface area contributed by atoms with Crippen molar-refractivity contribution in [1.82, 2.24) is 20.2 Å². The average molecular weight is 324 g/mol. The van der Waals surface area contributed by atoms with Gasteiger partial charge in [0.2, 0.25) is 0 Å². The molecule has 0 amide bonds. The molecule has 0 spiro atoms. The zero-order valence-corrected chi connectivity index (χ0v) is 12.0. The second-order valence-corrected chi connectivity index (χ2v) is 5.15. The maximum atomic E-state index is 13.1. The first kappa shape index (κ1) is 13.8. The molecular formula is C13H8Cl2FN5. The summed E-state index contributed by atoms with van der Waals surface area (Å²) in [6, 6.07) is 8.93. The van der Waals surface area contributed by atoms with Crippen LogP contribution in [-0.4, -0.2) is 20.2 Å². The summed E-state index contributed by atoms with van der Waals surface area (Å²) >= 11 is 12.0. The molecule has 8 heteroatoms. The first-order valence-electron chi connectivity index (χ1n) is 5.85. The number of halogens is 3. The maximum absolute atomic E-state index is 13.1. The molecule has 0 saturated carbocycles. The van der Waals surface area contributed by atoms with Crippen molar-refractivity contribution >= 4 is 28.9 Å². The molecule has 0 radical (unpaired) electrons. The SMILES string of the molecule is Nc1cc(F)ccc1-c1nnnn1-c1cc(Cl)cc(Cl)c1. The van der Waals surface area contributed by atoms with E-state index >= 15 is 0 Å². The third-order valence-corrected chi connectivity index (χ3v) is 3.25. The van der Waals surface area contributed by atoms with Gasteiger partial charge in [-0.1, -0.05) is 23.2 Å². The van der Waals surface area contributed by atoms with Gasteiger partial charge in [0.25, 0.3) is 0 Å². The molecule has 1 heterocycles. The Labute approximate surface area is 129 Å². The van der Waals surface area contributed by atoms with Gasteiger partial charge < -0.3 is 5.73 Å². The monoisotopic (exact) mass is 323 g/mol. The van der Waals surface area contributed by atoms with Crippen molar-refractivity contribution in [3.63, 3.8) is 0 Å². The van der Waals surface area contributed by atoms with Gasteiger partial charge in [-0.15, -0.1) is 5.10 Å². The summed E-state index contributed by atoms with van der Waals surface area (Å²) in [5, 5.41) is 12.3. The molecule has 0 bridgehead atoms. The summed E-state index contributed by atoms with van der Waals surface area (Å²) in [6.07, 6.45) is 0. The highest BCUT2D eigenvalue weighted by atomic mass is 35.5. The molecular weight excluding hydrogens is 316 g/mol. The van der Waals surface area contributed by atoms with E-state index in [1.54, 1.807) is 18.2 Å². The smallest absolute Gasteiger partial charge is 0.189 e. The Morgan fingerprint density at radius 3 is 2.43 bits per heavy atom. The van der Waals surface area contributed by atoms with E-state index in [1.807, 2.05) is 0 Å². The van der Waals surface area contributed by atoms with Crippen LogP contribution < -0.4 is 5.73 Å². The van der Waals surface area contributed by atoms with Gasteiger partial charge in [-0.05, 0) is 46.8 Å². The van der Waals surface area contributed by atoms with E-state index in [9.17, 15) is 4.39 Å². The van der Waals surface area contributed by atoms with Crippen molar-refractivity contribution in [2.24, 2.45) is 0 Å². The zero-order chi connectivity index (χ0) is 15.0. The van der Waals surface area contributed by atoms with Crippen molar-refractivity contribution < 1.29 is 4.39 Å². The molecule has 2 aromatic carbocycles. The van der Waals surface area contributed by atoms with Crippen molar-refractivity contribution in [1.29, 1.82) is 0 Å². The number of nitrogen functional groups attached to an aromatic ring is 1. The first-order chi connectivity index (χ1) is 10.0. The molecule has 0 fully saturated rings. The van der Waals surface area contributed by atoms with Crippen molar-refractivity contribution in [3.05, 3.63) is 52.3 Å². The zero-order valence-electron chi connectivity index (χ0n) is 10.5. The van der Waals surface area contributed by atoms with Gasteiger partial charge in [0.05, 0.1) is 5.69 Å². The van der Waals surface area contributed by atoms with Gasteiger partial charge in [0.15, 0.2) is 5.82 Å². The van der Waals surface area contributed by atoms with Gasteiger partial charge in [-0.25, -0.2) is 4.39 Å². The molecule has 5 nitrogen and oxygen atoms in total. The number of benzene rings is 2. The quantitative estimate of drug-likeness (QED) is 0.734. The Morgan fingerprint density at radius 1 is 1.05 bits per heavy atom. The number of rotatable bonds is 2. The fourth-order valence-corrected chi connectivity index (χ4v) is 2.44. The van der Waals surface area contributed by atoms with Crippen LogP contribution in [0.1, 0.15) is 0 Å². The number of tetrazole rings is 1. The highest BCUT2D eigenvalue weighted by Crippen LogP contribution is 2.28. The fourth-order valence-electron chi connectivity index (χ4n) is 1.93. The third kappa shape index (κ3) is 2.68. The van der Waals surface area contributed by atoms with Crippen LogP contribution in [0.3, 0.4) is 0 Å². The van der Waals surface area contributed by atoms with Crippen molar-refractivity contribution in [3.8, 4) is 17.1 Å². The molecule has 3 rings (SSSR count). The largest absolute Gasteiger partial charge is 0.398 e. The second kappa shape index (κ2) is 5.31. The number of hydrogen-bond donors (Lipinski definition) is 1. The molecule has 1 aromatic heterocycles. The predicted molar refractivity (Wildman–Crippen MR) is 79.0 cm³/mol. The van der Waals surface area contributed by atoms with E-state index in [0.29, 0.717) is 27.1 Å². The molecule has 0 atom stereocenters. The summed E-state index contributed by atoms with van der Waals surface area (Å²) in [6.45, 7) is 0. The Morgan fingerprint density at radius 2 is 1.76 bits per heavy atom. The minimum atomic E-state index is -0.430. The van der Waals surface area contributed by atoms with Gasteiger partial charge >= 0.3 is 0 Å². The maximum Gasteiger partial charge on any atom is 0.189 e. The first-order valence-corrected chi connectivity index (χ1v) is 6.60. The number of nitrogens with two attached hydrogens (primary N) is 1. The van der Waals surface area contributed by atoms with Crippen molar-refractivity contribution in [2.75, 3.05) is 5.73 Å². The average Bonchev–Trinajstić information content (AvgIpc) is 2.86. The standard InChI is InChI=1S/C13H8Cl2FN5/c14-7-3-8(15)5-10(4-7)21-13(18-19-20-21)11-2-1-9(16)6-12(11)17/h1-6H,17H2. The number of aromatic nitrogens is 4. The molecule has 21 heavy (non-hydrogen) atoms. The normalized spacial score (nSPS) is 10.8. The lowest BCUT2D eigenvalue weighted by molar-refractivity contribution is 0.628. The summed E-state index contributed by atoms with van der Waals surface area (Å²) in [4.78, 5) is 0. The number of nitrogens with zero attached hydrogens (tertiary/aromatic N) is 4. The Hall–Kier alpha value is -2.18. The molecule has 0 aliphatic rings. The van der Waals surface area contributed by atoms with Gasteiger partial charge in [0, 0.05) is 21.3 Å². The van der Waals surface area contributed by atoms with E-state index in [-0.39, 0.29) is 5.69 Å². The molecule has 0 unspecified atom stereocenters. The van der Waals surface area contributed by atoms with Crippen LogP contribution in [-0.2, 0) is 0 Å². The van der Waals surface area contributed by atoms with E-state index in [0.717, 1.165) is 0 Å². The minimum Gasteiger partial charge on any atom is -0.398 e. The van der Waals surface area contributed by atoms with Crippen LogP contribution in [0.4, 0.5) is 10.1 Å². The Balaban J connectivity index is 2.17. The lowest BCUT2D eigenvalue weighted by Gasteiger charge is -2.08. The Kier molecular flexibility index (Phi) is 3.48. The van der Waals surface area contributed by atoms with Crippen LogP contribution in [0.25, 0.3) is 17.1 Å². The second-order valence-electron chi connectivity index (χ2n) is 4.27. The molecule has 2 N–H and O–H groups in total. The highest BCUT2D eigenvalue weighted by Gasteiger charge is 2.14. The lowest BCUT2D eigenvalue weighted by atomic mass is 10.1. The fraction of sp³-hybridized carbons (Fsp3) is 0.